The number of aliphatic imine (C=N–C) groups is 1. The van der Waals surface area contributed by atoms with Crippen molar-refractivity contribution in [3.05, 3.63) is 17.0 Å². The van der Waals surface area contributed by atoms with Crippen molar-refractivity contribution in [2.45, 2.75) is 51.1 Å². The van der Waals surface area contributed by atoms with E-state index in [4.69, 9.17) is 5.73 Å². The number of fused-ring (bicyclic) bond motifs is 1. The van der Waals surface area contributed by atoms with Gasteiger partial charge in [-0.15, -0.1) is 0 Å². The molecule has 18 heavy (non-hydrogen) atoms. The molecule has 0 amide bonds. The SMILES string of the molecule is Cn1nc2c(c1CN=C(N)NC1CC1)CCCC2. The van der Waals surface area contributed by atoms with Gasteiger partial charge in [-0.1, -0.05) is 0 Å². The molecule has 1 heterocycles. The first-order valence-electron chi connectivity index (χ1n) is 6.84. The largest absolute Gasteiger partial charge is 0.370 e. The number of hydrogen-bond donors (Lipinski definition) is 2. The molecular formula is C13H21N5. The quantitative estimate of drug-likeness (QED) is 0.615. The Kier molecular flexibility index (Phi) is 2.97. The van der Waals surface area contributed by atoms with Crippen molar-refractivity contribution in [1.29, 1.82) is 0 Å². The van der Waals surface area contributed by atoms with Crippen molar-refractivity contribution in [2.24, 2.45) is 17.8 Å². The number of aromatic nitrogens is 2. The van der Waals surface area contributed by atoms with E-state index in [0.29, 0.717) is 18.5 Å². The van der Waals surface area contributed by atoms with E-state index in [1.165, 1.54) is 42.6 Å². The number of aryl methyl sites for hydroxylation is 2. The molecule has 3 rings (SSSR count). The van der Waals surface area contributed by atoms with Crippen LogP contribution in [0, 0.1) is 0 Å². The van der Waals surface area contributed by atoms with Gasteiger partial charge in [0, 0.05) is 13.1 Å². The van der Waals surface area contributed by atoms with Crippen LogP contribution in [-0.4, -0.2) is 21.8 Å². The average molecular weight is 247 g/mol. The minimum absolute atomic E-state index is 0.564. The molecule has 2 aliphatic carbocycles. The molecule has 0 atom stereocenters. The Morgan fingerprint density at radius 3 is 3.00 bits per heavy atom. The second-order valence-electron chi connectivity index (χ2n) is 5.32. The van der Waals surface area contributed by atoms with Crippen LogP contribution in [0.15, 0.2) is 4.99 Å². The van der Waals surface area contributed by atoms with Crippen molar-refractivity contribution in [1.82, 2.24) is 15.1 Å². The third-order valence-corrected chi connectivity index (χ3v) is 3.78. The van der Waals surface area contributed by atoms with E-state index in [9.17, 15) is 0 Å². The van der Waals surface area contributed by atoms with Gasteiger partial charge in [0.05, 0.1) is 17.9 Å². The van der Waals surface area contributed by atoms with Gasteiger partial charge in [-0.3, -0.25) is 4.68 Å². The highest BCUT2D eigenvalue weighted by Crippen LogP contribution is 2.24. The van der Waals surface area contributed by atoms with Crippen molar-refractivity contribution in [2.75, 3.05) is 0 Å². The standard InChI is InChI=1S/C13H21N5/c1-18-12(8-15-13(14)16-9-6-7-9)10-4-2-3-5-11(10)17-18/h9H,2-8H2,1H3,(H3,14,15,16). The van der Waals surface area contributed by atoms with Crippen LogP contribution in [0.2, 0.25) is 0 Å². The number of hydrogen-bond acceptors (Lipinski definition) is 2. The predicted octanol–water partition coefficient (Wildman–Crippen LogP) is 0.866. The zero-order chi connectivity index (χ0) is 12.5. The number of guanidine groups is 1. The Bertz CT molecular complexity index is 470. The Morgan fingerprint density at radius 1 is 1.44 bits per heavy atom. The van der Waals surface area contributed by atoms with Gasteiger partial charge in [0.2, 0.25) is 0 Å². The molecule has 98 valence electrons. The minimum atomic E-state index is 0.564. The molecular weight excluding hydrogens is 226 g/mol. The van der Waals surface area contributed by atoms with E-state index in [1.807, 2.05) is 11.7 Å². The summed E-state index contributed by atoms with van der Waals surface area (Å²) in [6, 6.07) is 0.564. The second kappa shape index (κ2) is 4.63. The second-order valence-corrected chi connectivity index (χ2v) is 5.32. The van der Waals surface area contributed by atoms with Crippen molar-refractivity contribution in [3.8, 4) is 0 Å². The molecule has 0 radical (unpaired) electrons. The monoisotopic (exact) mass is 247 g/mol. The van der Waals surface area contributed by atoms with Crippen LogP contribution in [0.1, 0.15) is 42.6 Å². The van der Waals surface area contributed by atoms with Crippen LogP contribution in [0.3, 0.4) is 0 Å². The fourth-order valence-electron chi connectivity index (χ4n) is 2.59. The van der Waals surface area contributed by atoms with Crippen LogP contribution in [0.4, 0.5) is 0 Å². The summed E-state index contributed by atoms with van der Waals surface area (Å²) in [6.45, 7) is 0.643. The van der Waals surface area contributed by atoms with Gasteiger partial charge < -0.3 is 11.1 Å². The smallest absolute Gasteiger partial charge is 0.189 e. The lowest BCUT2D eigenvalue weighted by atomic mass is 9.96. The maximum absolute atomic E-state index is 5.87. The highest BCUT2D eigenvalue weighted by Gasteiger charge is 2.22. The summed E-state index contributed by atoms with van der Waals surface area (Å²) in [5, 5.41) is 7.80. The molecule has 5 nitrogen and oxygen atoms in total. The Morgan fingerprint density at radius 2 is 2.22 bits per heavy atom. The van der Waals surface area contributed by atoms with E-state index in [1.54, 1.807) is 0 Å². The Labute approximate surface area is 107 Å². The molecule has 0 bridgehead atoms. The third-order valence-electron chi connectivity index (χ3n) is 3.78. The normalized spacial score (nSPS) is 19.7. The van der Waals surface area contributed by atoms with Crippen LogP contribution >= 0.6 is 0 Å². The van der Waals surface area contributed by atoms with E-state index in [2.05, 4.69) is 15.4 Å². The highest BCUT2D eigenvalue weighted by molar-refractivity contribution is 5.78. The molecule has 3 N–H and O–H groups in total. The summed E-state index contributed by atoms with van der Waals surface area (Å²) in [6.07, 6.45) is 7.23. The van der Waals surface area contributed by atoms with Crippen LogP contribution < -0.4 is 11.1 Å². The Balaban J connectivity index is 1.73. The first kappa shape index (κ1) is 11.6. The molecule has 0 aliphatic heterocycles. The van der Waals surface area contributed by atoms with E-state index >= 15 is 0 Å². The van der Waals surface area contributed by atoms with Gasteiger partial charge >= 0.3 is 0 Å². The fraction of sp³-hybridized carbons (Fsp3) is 0.692. The molecule has 1 saturated carbocycles. The molecule has 1 aromatic rings. The van der Waals surface area contributed by atoms with Gasteiger partial charge in [-0.05, 0) is 44.1 Å². The van der Waals surface area contributed by atoms with Crippen molar-refractivity contribution < 1.29 is 0 Å². The first-order chi connectivity index (χ1) is 8.74. The number of nitrogens with two attached hydrogens (primary N) is 1. The van der Waals surface area contributed by atoms with Crippen molar-refractivity contribution >= 4 is 5.96 Å². The lowest BCUT2D eigenvalue weighted by molar-refractivity contribution is 0.663. The van der Waals surface area contributed by atoms with E-state index in [-0.39, 0.29) is 0 Å². The number of nitrogens with zero attached hydrogens (tertiary/aromatic N) is 3. The van der Waals surface area contributed by atoms with Crippen LogP contribution in [0.25, 0.3) is 0 Å². The van der Waals surface area contributed by atoms with Crippen molar-refractivity contribution in [3.63, 3.8) is 0 Å². The summed E-state index contributed by atoms with van der Waals surface area (Å²) in [4.78, 5) is 4.44. The fourth-order valence-corrected chi connectivity index (χ4v) is 2.59. The van der Waals surface area contributed by atoms with Gasteiger partial charge in [-0.25, -0.2) is 4.99 Å². The van der Waals surface area contributed by atoms with Crippen LogP contribution in [0.5, 0.6) is 0 Å². The highest BCUT2D eigenvalue weighted by atomic mass is 15.3. The predicted molar refractivity (Wildman–Crippen MR) is 71.3 cm³/mol. The molecule has 1 fully saturated rings. The molecule has 5 heteroatoms. The molecule has 0 saturated heterocycles. The molecule has 0 spiro atoms. The van der Waals surface area contributed by atoms with Gasteiger partial charge in [-0.2, -0.15) is 5.10 Å². The maximum atomic E-state index is 5.87. The zero-order valence-electron chi connectivity index (χ0n) is 10.9. The van der Waals surface area contributed by atoms with Gasteiger partial charge in [0.1, 0.15) is 0 Å². The zero-order valence-corrected chi connectivity index (χ0v) is 10.9. The lowest BCUT2D eigenvalue weighted by Crippen LogP contribution is -2.33. The summed E-state index contributed by atoms with van der Waals surface area (Å²) in [5.74, 6) is 0.572. The summed E-state index contributed by atoms with van der Waals surface area (Å²) < 4.78 is 1.98. The molecule has 2 aliphatic rings. The molecule has 0 unspecified atom stereocenters. The summed E-state index contributed by atoms with van der Waals surface area (Å²) in [5.41, 5.74) is 9.77. The summed E-state index contributed by atoms with van der Waals surface area (Å²) >= 11 is 0. The average Bonchev–Trinajstić information content (AvgIpc) is 3.09. The Hall–Kier alpha value is -1.52. The topological polar surface area (TPSA) is 68.2 Å². The third kappa shape index (κ3) is 2.35. The van der Waals surface area contributed by atoms with Crippen LogP contribution in [-0.2, 0) is 26.4 Å². The lowest BCUT2D eigenvalue weighted by Gasteiger charge is -2.10. The van der Waals surface area contributed by atoms with Gasteiger partial charge in [0.15, 0.2) is 5.96 Å². The first-order valence-corrected chi connectivity index (χ1v) is 6.84. The molecule has 1 aromatic heterocycles. The summed E-state index contributed by atoms with van der Waals surface area (Å²) in [7, 11) is 2.01. The molecule has 0 aromatic carbocycles. The van der Waals surface area contributed by atoms with E-state index in [0.717, 1.165) is 12.8 Å². The number of rotatable bonds is 3. The van der Waals surface area contributed by atoms with E-state index < -0.39 is 0 Å². The maximum Gasteiger partial charge on any atom is 0.189 e. The minimum Gasteiger partial charge on any atom is -0.370 e. The van der Waals surface area contributed by atoms with Gasteiger partial charge in [0.25, 0.3) is 0 Å². The number of nitrogens with one attached hydrogen (secondary N) is 1.